The first-order valence-electron chi connectivity index (χ1n) is 7.49. The number of nitrogens with zero attached hydrogens (tertiary/aromatic N) is 3. The second-order valence-electron chi connectivity index (χ2n) is 5.55. The van der Waals surface area contributed by atoms with Crippen molar-refractivity contribution in [1.29, 1.82) is 0 Å². The molecule has 126 valence electrons. The summed E-state index contributed by atoms with van der Waals surface area (Å²) in [6, 6.07) is 14.3. The van der Waals surface area contributed by atoms with E-state index in [0.717, 1.165) is 10.9 Å². The molecule has 0 aliphatic rings. The Hall–Kier alpha value is -2.64. The molecule has 0 atom stereocenters. The molecule has 4 rings (SSSR count). The summed E-state index contributed by atoms with van der Waals surface area (Å²) >= 11 is 6.21. The number of pyridine rings is 1. The minimum atomic E-state index is -3.63. The van der Waals surface area contributed by atoms with Gasteiger partial charge in [0.05, 0.1) is 16.3 Å². The summed E-state index contributed by atoms with van der Waals surface area (Å²) in [5.74, 6) is 0.0393. The maximum atomic E-state index is 12.5. The van der Waals surface area contributed by atoms with Crippen LogP contribution in [0.1, 0.15) is 5.56 Å². The summed E-state index contributed by atoms with van der Waals surface area (Å²) in [6.07, 6.45) is 3.12. The predicted molar refractivity (Wildman–Crippen MR) is 98.2 cm³/mol. The molecule has 0 saturated carbocycles. The molecule has 0 aliphatic carbocycles. The van der Waals surface area contributed by atoms with Gasteiger partial charge in [-0.2, -0.15) is 0 Å². The number of anilines is 1. The van der Waals surface area contributed by atoms with Crippen LogP contribution < -0.4 is 4.72 Å². The molecule has 0 spiro atoms. The number of hydrogen-bond donors (Lipinski definition) is 1. The average molecular weight is 373 g/mol. The molecule has 8 heteroatoms. The molecule has 3 aromatic heterocycles. The van der Waals surface area contributed by atoms with Crippen LogP contribution >= 0.6 is 11.6 Å². The number of rotatable bonds is 4. The summed E-state index contributed by atoms with van der Waals surface area (Å²) < 4.78 is 29.2. The number of fused-ring (bicyclic) bond motifs is 3. The molecule has 1 aromatic carbocycles. The van der Waals surface area contributed by atoms with Crippen molar-refractivity contribution >= 4 is 44.1 Å². The van der Waals surface area contributed by atoms with E-state index in [-0.39, 0.29) is 11.7 Å². The molecule has 3 heterocycles. The first kappa shape index (κ1) is 15.9. The van der Waals surface area contributed by atoms with Crippen LogP contribution in [0.5, 0.6) is 0 Å². The lowest BCUT2D eigenvalue weighted by molar-refractivity contribution is 0.600. The third kappa shape index (κ3) is 3.04. The number of nitrogens with one attached hydrogen (secondary N) is 1. The van der Waals surface area contributed by atoms with Gasteiger partial charge in [-0.3, -0.25) is 9.12 Å². The molecule has 6 nitrogen and oxygen atoms in total. The molecule has 0 fully saturated rings. The van der Waals surface area contributed by atoms with Gasteiger partial charge in [0.25, 0.3) is 0 Å². The zero-order chi connectivity index (χ0) is 17.4. The van der Waals surface area contributed by atoms with Gasteiger partial charge in [0.1, 0.15) is 5.65 Å². The first-order chi connectivity index (χ1) is 12.0. The molecular weight excluding hydrogens is 360 g/mol. The van der Waals surface area contributed by atoms with Gasteiger partial charge in [-0.25, -0.2) is 18.4 Å². The maximum absolute atomic E-state index is 12.5. The number of sulfonamides is 1. The molecule has 4 aromatic rings. The molecule has 0 saturated heterocycles. The Morgan fingerprint density at radius 3 is 2.60 bits per heavy atom. The normalized spacial score (nSPS) is 11.9. The molecule has 0 bridgehead atoms. The van der Waals surface area contributed by atoms with Crippen LogP contribution in [-0.4, -0.2) is 22.8 Å². The van der Waals surface area contributed by atoms with Gasteiger partial charge in [0.15, 0.2) is 0 Å². The van der Waals surface area contributed by atoms with E-state index in [2.05, 4.69) is 14.7 Å². The lowest BCUT2D eigenvalue weighted by atomic mass is 10.2. The summed E-state index contributed by atoms with van der Waals surface area (Å²) in [5.41, 5.74) is 2.00. The van der Waals surface area contributed by atoms with Crippen molar-refractivity contribution in [2.75, 3.05) is 4.72 Å². The van der Waals surface area contributed by atoms with Crippen LogP contribution in [0.25, 0.3) is 16.6 Å². The summed E-state index contributed by atoms with van der Waals surface area (Å²) in [7, 11) is -3.63. The number of aromatic nitrogens is 3. The second-order valence-corrected chi connectivity index (χ2v) is 7.68. The third-order valence-corrected chi connectivity index (χ3v) is 5.31. The molecule has 0 unspecified atom stereocenters. The maximum Gasteiger partial charge on any atom is 0.239 e. The van der Waals surface area contributed by atoms with Crippen LogP contribution in [-0.2, 0) is 15.8 Å². The van der Waals surface area contributed by atoms with Gasteiger partial charge in [-0.1, -0.05) is 41.9 Å². The highest BCUT2D eigenvalue weighted by molar-refractivity contribution is 7.91. The highest BCUT2D eigenvalue weighted by Crippen LogP contribution is 2.27. The van der Waals surface area contributed by atoms with Gasteiger partial charge in [-0.05, 0) is 23.8 Å². The fourth-order valence-electron chi connectivity index (χ4n) is 2.71. The highest BCUT2D eigenvalue weighted by Gasteiger charge is 2.17. The van der Waals surface area contributed by atoms with Crippen molar-refractivity contribution in [3.63, 3.8) is 0 Å². The van der Waals surface area contributed by atoms with E-state index in [1.54, 1.807) is 53.2 Å². The van der Waals surface area contributed by atoms with Crippen LogP contribution in [0.3, 0.4) is 0 Å². The van der Waals surface area contributed by atoms with Crippen molar-refractivity contribution in [1.82, 2.24) is 14.4 Å². The van der Waals surface area contributed by atoms with Gasteiger partial charge < -0.3 is 0 Å². The quantitative estimate of drug-likeness (QED) is 0.595. The number of halogens is 1. The summed E-state index contributed by atoms with van der Waals surface area (Å²) in [4.78, 5) is 8.48. The topological polar surface area (TPSA) is 76.4 Å². The smallest absolute Gasteiger partial charge is 0.239 e. The van der Waals surface area contributed by atoms with Crippen LogP contribution in [0.15, 0.2) is 60.9 Å². The Kier molecular flexibility index (Phi) is 3.82. The van der Waals surface area contributed by atoms with Crippen LogP contribution in [0.2, 0.25) is 5.02 Å². The third-order valence-electron chi connectivity index (χ3n) is 3.78. The second kappa shape index (κ2) is 6.02. The SMILES string of the molecule is O=S(=O)(Cc1ccccc1)Nc1nccc2cc3c(Cl)ccnc3n12. The Balaban J connectivity index is 1.79. The number of hydrogen-bond acceptors (Lipinski definition) is 4. The standard InChI is InChI=1S/C17H13ClN4O2S/c18-15-7-9-19-16-14(15)10-13-6-8-20-17(22(13)16)21-25(23,24)11-12-4-2-1-3-5-12/h1-10H,11H2,(H,20,21). The Morgan fingerprint density at radius 1 is 1.04 bits per heavy atom. The predicted octanol–water partition coefficient (Wildman–Crippen LogP) is 3.48. The van der Waals surface area contributed by atoms with E-state index in [1.165, 1.54) is 0 Å². The first-order valence-corrected chi connectivity index (χ1v) is 9.52. The van der Waals surface area contributed by atoms with Crippen LogP contribution in [0.4, 0.5) is 5.95 Å². The fourth-order valence-corrected chi connectivity index (χ4v) is 4.03. The van der Waals surface area contributed by atoms with Crippen molar-refractivity contribution in [3.05, 3.63) is 71.5 Å². The molecule has 1 N–H and O–H groups in total. The summed E-state index contributed by atoms with van der Waals surface area (Å²) in [5, 5.41) is 1.28. The molecule has 25 heavy (non-hydrogen) atoms. The van der Waals surface area contributed by atoms with Gasteiger partial charge in [0, 0.05) is 17.8 Å². The Labute approximate surface area is 149 Å². The lowest BCUT2D eigenvalue weighted by Gasteiger charge is -2.10. The highest BCUT2D eigenvalue weighted by atomic mass is 35.5. The average Bonchev–Trinajstić information content (AvgIpc) is 2.96. The zero-order valence-electron chi connectivity index (χ0n) is 12.9. The van der Waals surface area contributed by atoms with E-state index in [0.29, 0.717) is 16.2 Å². The molecular formula is C17H13ClN4O2S. The van der Waals surface area contributed by atoms with E-state index in [1.807, 2.05) is 12.1 Å². The Morgan fingerprint density at radius 2 is 1.80 bits per heavy atom. The van der Waals surface area contributed by atoms with E-state index < -0.39 is 10.0 Å². The van der Waals surface area contributed by atoms with Crippen molar-refractivity contribution in [3.8, 4) is 0 Å². The van der Waals surface area contributed by atoms with Gasteiger partial charge >= 0.3 is 0 Å². The largest absolute Gasteiger partial charge is 0.263 e. The zero-order valence-corrected chi connectivity index (χ0v) is 14.5. The van der Waals surface area contributed by atoms with Crippen molar-refractivity contribution in [2.24, 2.45) is 0 Å². The minimum absolute atomic E-state index is 0.140. The van der Waals surface area contributed by atoms with E-state index >= 15 is 0 Å². The monoisotopic (exact) mass is 372 g/mol. The van der Waals surface area contributed by atoms with Crippen LogP contribution in [0, 0.1) is 0 Å². The Bertz CT molecular complexity index is 1170. The summed E-state index contributed by atoms with van der Waals surface area (Å²) in [6.45, 7) is 0. The number of benzene rings is 1. The van der Waals surface area contributed by atoms with Gasteiger partial charge in [-0.15, -0.1) is 0 Å². The molecule has 0 radical (unpaired) electrons. The fraction of sp³-hybridized carbons (Fsp3) is 0.0588. The van der Waals surface area contributed by atoms with E-state index in [9.17, 15) is 8.42 Å². The van der Waals surface area contributed by atoms with E-state index in [4.69, 9.17) is 11.6 Å². The molecule has 0 amide bonds. The van der Waals surface area contributed by atoms with Gasteiger partial charge in [0.2, 0.25) is 16.0 Å². The van der Waals surface area contributed by atoms with Crippen molar-refractivity contribution < 1.29 is 8.42 Å². The minimum Gasteiger partial charge on any atom is -0.263 e. The molecule has 0 aliphatic heterocycles. The lowest BCUT2D eigenvalue weighted by Crippen LogP contribution is -2.18. The van der Waals surface area contributed by atoms with Crippen molar-refractivity contribution in [2.45, 2.75) is 5.75 Å².